The molecule has 0 spiro atoms. The Morgan fingerprint density at radius 1 is 1.38 bits per heavy atom. The summed E-state index contributed by atoms with van der Waals surface area (Å²) in [5, 5.41) is 3.21. The van der Waals surface area contributed by atoms with Crippen molar-refractivity contribution in [3.05, 3.63) is 12.4 Å². The van der Waals surface area contributed by atoms with E-state index >= 15 is 0 Å². The van der Waals surface area contributed by atoms with E-state index in [9.17, 15) is 0 Å². The van der Waals surface area contributed by atoms with Gasteiger partial charge in [-0.1, -0.05) is 6.92 Å². The minimum Gasteiger partial charge on any atom is -0.473 e. The first kappa shape index (κ1) is 11.2. The van der Waals surface area contributed by atoms with Crippen molar-refractivity contribution in [3.63, 3.8) is 0 Å². The highest BCUT2D eigenvalue weighted by molar-refractivity contribution is 5.33. The normalized spacial score (nSPS) is 16.3. The van der Waals surface area contributed by atoms with Gasteiger partial charge in [-0.15, -0.1) is 0 Å². The van der Waals surface area contributed by atoms with Gasteiger partial charge in [-0.05, 0) is 32.1 Å². The zero-order valence-electron chi connectivity index (χ0n) is 9.78. The van der Waals surface area contributed by atoms with Gasteiger partial charge in [-0.3, -0.25) is 4.98 Å². The summed E-state index contributed by atoms with van der Waals surface area (Å²) < 4.78 is 5.78. The molecule has 16 heavy (non-hydrogen) atoms. The molecule has 0 atom stereocenters. The van der Waals surface area contributed by atoms with Crippen molar-refractivity contribution in [1.29, 1.82) is 0 Å². The van der Waals surface area contributed by atoms with Crippen molar-refractivity contribution in [2.75, 3.05) is 11.9 Å². The monoisotopic (exact) mass is 221 g/mol. The fraction of sp³-hybridized carbons (Fsp3) is 0.667. The zero-order valence-corrected chi connectivity index (χ0v) is 9.78. The summed E-state index contributed by atoms with van der Waals surface area (Å²) in [5.74, 6) is 1.45. The highest BCUT2D eigenvalue weighted by Crippen LogP contribution is 2.22. The van der Waals surface area contributed by atoms with Gasteiger partial charge in [0.1, 0.15) is 11.9 Å². The Bertz CT molecular complexity index is 324. The Hall–Kier alpha value is -1.32. The van der Waals surface area contributed by atoms with E-state index in [-0.39, 0.29) is 0 Å². The number of hydrogen-bond donors (Lipinski definition) is 1. The van der Waals surface area contributed by atoms with Crippen LogP contribution in [0.3, 0.4) is 0 Å². The summed E-state index contributed by atoms with van der Waals surface area (Å²) in [6.07, 6.45) is 9.68. The van der Waals surface area contributed by atoms with Crippen molar-refractivity contribution in [2.24, 2.45) is 0 Å². The minimum atomic E-state index is 0.343. The SMILES string of the molecule is CCCNc1cncc(OC2CCCC2)n1. The lowest BCUT2D eigenvalue weighted by molar-refractivity contribution is 0.201. The molecule has 0 saturated heterocycles. The molecule has 88 valence electrons. The first-order chi connectivity index (χ1) is 7.88. The predicted octanol–water partition coefficient (Wildman–Crippen LogP) is 2.62. The van der Waals surface area contributed by atoms with Crippen LogP contribution in [0.4, 0.5) is 5.82 Å². The third-order valence-electron chi connectivity index (χ3n) is 2.76. The average Bonchev–Trinajstić information content (AvgIpc) is 2.80. The van der Waals surface area contributed by atoms with E-state index in [1.165, 1.54) is 12.8 Å². The molecule has 0 aromatic carbocycles. The Morgan fingerprint density at radius 3 is 2.94 bits per heavy atom. The summed E-state index contributed by atoms with van der Waals surface area (Å²) >= 11 is 0. The van der Waals surface area contributed by atoms with E-state index in [1.54, 1.807) is 12.4 Å². The van der Waals surface area contributed by atoms with Crippen LogP contribution in [0.5, 0.6) is 5.88 Å². The van der Waals surface area contributed by atoms with E-state index in [4.69, 9.17) is 4.74 Å². The molecule has 0 unspecified atom stereocenters. The van der Waals surface area contributed by atoms with Crippen LogP contribution in [0.25, 0.3) is 0 Å². The van der Waals surface area contributed by atoms with E-state index in [2.05, 4.69) is 22.2 Å². The van der Waals surface area contributed by atoms with Gasteiger partial charge in [0.2, 0.25) is 5.88 Å². The van der Waals surface area contributed by atoms with Gasteiger partial charge >= 0.3 is 0 Å². The molecule has 0 bridgehead atoms. The number of hydrogen-bond acceptors (Lipinski definition) is 4. The second-order valence-electron chi connectivity index (χ2n) is 4.19. The molecule has 0 aliphatic heterocycles. The van der Waals surface area contributed by atoms with E-state index in [0.29, 0.717) is 12.0 Å². The van der Waals surface area contributed by atoms with Gasteiger partial charge < -0.3 is 10.1 Å². The van der Waals surface area contributed by atoms with Gasteiger partial charge in [0.25, 0.3) is 0 Å². The third-order valence-corrected chi connectivity index (χ3v) is 2.76. The van der Waals surface area contributed by atoms with Crippen molar-refractivity contribution in [1.82, 2.24) is 9.97 Å². The maximum atomic E-state index is 5.78. The maximum Gasteiger partial charge on any atom is 0.234 e. The molecule has 1 heterocycles. The fourth-order valence-corrected chi connectivity index (χ4v) is 1.92. The predicted molar refractivity (Wildman–Crippen MR) is 63.7 cm³/mol. The molecule has 0 amide bonds. The van der Waals surface area contributed by atoms with Crippen LogP contribution in [-0.4, -0.2) is 22.6 Å². The van der Waals surface area contributed by atoms with Gasteiger partial charge in [0.05, 0.1) is 12.4 Å². The lowest BCUT2D eigenvalue weighted by atomic mass is 10.3. The van der Waals surface area contributed by atoms with Crippen LogP contribution in [0.15, 0.2) is 12.4 Å². The molecule has 1 N–H and O–H groups in total. The highest BCUT2D eigenvalue weighted by Gasteiger charge is 2.17. The lowest BCUT2D eigenvalue weighted by Gasteiger charge is -2.12. The fourth-order valence-electron chi connectivity index (χ4n) is 1.92. The second kappa shape index (κ2) is 5.68. The minimum absolute atomic E-state index is 0.343. The van der Waals surface area contributed by atoms with Crippen LogP contribution >= 0.6 is 0 Å². The van der Waals surface area contributed by atoms with Crippen molar-refractivity contribution in [3.8, 4) is 5.88 Å². The number of nitrogens with one attached hydrogen (secondary N) is 1. The molecule has 1 fully saturated rings. The molecule has 1 aliphatic carbocycles. The number of aromatic nitrogens is 2. The molecule has 1 aromatic rings. The van der Waals surface area contributed by atoms with E-state index < -0.39 is 0 Å². The van der Waals surface area contributed by atoms with Crippen molar-refractivity contribution < 1.29 is 4.74 Å². The molecule has 1 saturated carbocycles. The smallest absolute Gasteiger partial charge is 0.234 e. The number of ether oxygens (including phenoxy) is 1. The molecule has 2 rings (SSSR count). The van der Waals surface area contributed by atoms with Gasteiger partial charge in [-0.25, -0.2) is 0 Å². The topological polar surface area (TPSA) is 47.0 Å². The standard InChI is InChI=1S/C12H19N3O/c1-2-7-14-11-8-13-9-12(15-11)16-10-5-3-4-6-10/h8-10H,2-7H2,1H3,(H,14,15). The molecule has 4 heteroatoms. The van der Waals surface area contributed by atoms with Crippen LogP contribution in [0.1, 0.15) is 39.0 Å². The van der Waals surface area contributed by atoms with E-state index in [1.807, 2.05) is 0 Å². The molecule has 1 aromatic heterocycles. The largest absolute Gasteiger partial charge is 0.473 e. The van der Waals surface area contributed by atoms with Gasteiger partial charge in [0, 0.05) is 6.54 Å². The maximum absolute atomic E-state index is 5.78. The average molecular weight is 221 g/mol. The summed E-state index contributed by atoms with van der Waals surface area (Å²) in [6.45, 7) is 3.04. The summed E-state index contributed by atoms with van der Waals surface area (Å²) in [6, 6.07) is 0. The Morgan fingerprint density at radius 2 is 2.19 bits per heavy atom. The van der Waals surface area contributed by atoms with Crippen LogP contribution < -0.4 is 10.1 Å². The highest BCUT2D eigenvalue weighted by atomic mass is 16.5. The lowest BCUT2D eigenvalue weighted by Crippen LogP contribution is -2.12. The molecular formula is C12H19N3O. The zero-order chi connectivity index (χ0) is 11.2. The summed E-state index contributed by atoms with van der Waals surface area (Å²) in [4.78, 5) is 8.51. The third kappa shape index (κ3) is 3.08. The van der Waals surface area contributed by atoms with Crippen LogP contribution in [-0.2, 0) is 0 Å². The Labute approximate surface area is 96.4 Å². The first-order valence-corrected chi connectivity index (χ1v) is 6.11. The number of rotatable bonds is 5. The van der Waals surface area contributed by atoms with Gasteiger partial charge in [0.15, 0.2) is 0 Å². The van der Waals surface area contributed by atoms with Crippen LogP contribution in [0, 0.1) is 0 Å². The second-order valence-corrected chi connectivity index (χ2v) is 4.19. The number of nitrogens with zero attached hydrogens (tertiary/aromatic N) is 2. The molecule has 0 radical (unpaired) electrons. The first-order valence-electron chi connectivity index (χ1n) is 6.11. The summed E-state index contributed by atoms with van der Waals surface area (Å²) in [5.41, 5.74) is 0. The van der Waals surface area contributed by atoms with Crippen molar-refractivity contribution >= 4 is 5.82 Å². The van der Waals surface area contributed by atoms with Gasteiger partial charge in [-0.2, -0.15) is 4.98 Å². The van der Waals surface area contributed by atoms with Crippen molar-refractivity contribution in [2.45, 2.75) is 45.1 Å². The van der Waals surface area contributed by atoms with Crippen LogP contribution in [0.2, 0.25) is 0 Å². The molecule has 1 aliphatic rings. The Kier molecular flexibility index (Phi) is 3.97. The van der Waals surface area contributed by atoms with E-state index in [0.717, 1.165) is 31.6 Å². The molecule has 4 nitrogen and oxygen atoms in total. The quantitative estimate of drug-likeness (QED) is 0.830. The number of anilines is 1. The summed E-state index contributed by atoms with van der Waals surface area (Å²) in [7, 11) is 0. The molecular weight excluding hydrogens is 202 g/mol. The Balaban J connectivity index is 1.92.